The molecular weight excluding hydrogens is 238 g/mol. The maximum Gasteiger partial charge on any atom is 0.323 e. The van der Waals surface area contributed by atoms with E-state index in [1.807, 2.05) is 0 Å². The Morgan fingerprint density at radius 2 is 2.12 bits per heavy atom. The topological polar surface area (TPSA) is 89.1 Å². The van der Waals surface area contributed by atoms with E-state index in [9.17, 15) is 4.79 Å². The Kier molecular flexibility index (Phi) is 5.37. The molecule has 3 N–H and O–H groups in total. The maximum atomic E-state index is 10.8. The molecule has 0 aromatic carbocycles. The molecule has 1 rings (SSSR count). The van der Waals surface area contributed by atoms with Crippen molar-refractivity contribution in [2.24, 2.45) is 5.73 Å². The summed E-state index contributed by atoms with van der Waals surface area (Å²) < 4.78 is 0. The quantitative estimate of drug-likeness (QED) is 0.436. The number of nitrogens with two attached hydrogens (primary N) is 1. The maximum absolute atomic E-state index is 10.8. The van der Waals surface area contributed by atoms with E-state index in [1.54, 1.807) is 37.1 Å². The van der Waals surface area contributed by atoms with E-state index in [4.69, 9.17) is 10.8 Å². The second kappa shape index (κ2) is 6.56. The highest BCUT2D eigenvalue weighted by Gasteiger charge is 2.26. The van der Waals surface area contributed by atoms with Crippen LogP contribution in [-0.4, -0.2) is 32.3 Å². The average Bonchev–Trinajstić information content (AvgIpc) is 2.29. The second-order valence-electron chi connectivity index (χ2n) is 4.06. The van der Waals surface area contributed by atoms with Crippen LogP contribution in [0.4, 0.5) is 0 Å². The number of unbranched alkanes of at least 4 members (excludes halogenated alkanes) is 1. The van der Waals surface area contributed by atoms with Gasteiger partial charge in [0.15, 0.2) is 5.16 Å². The summed E-state index contributed by atoms with van der Waals surface area (Å²) in [6.07, 6.45) is 5.59. The minimum Gasteiger partial charge on any atom is -0.480 e. The lowest BCUT2D eigenvalue weighted by atomic mass is 9.97. The molecule has 0 bridgehead atoms. The van der Waals surface area contributed by atoms with Crippen molar-refractivity contribution in [2.75, 3.05) is 5.75 Å². The van der Waals surface area contributed by atoms with Gasteiger partial charge in [0.2, 0.25) is 0 Å². The van der Waals surface area contributed by atoms with Crippen LogP contribution in [0, 0.1) is 0 Å². The summed E-state index contributed by atoms with van der Waals surface area (Å²) in [5.74, 6) is -0.0729. The molecule has 1 aromatic heterocycles. The Hall–Kier alpha value is -1.14. The highest BCUT2D eigenvalue weighted by molar-refractivity contribution is 7.99. The van der Waals surface area contributed by atoms with Crippen molar-refractivity contribution in [2.45, 2.75) is 36.9 Å². The first kappa shape index (κ1) is 13.9. The van der Waals surface area contributed by atoms with Gasteiger partial charge < -0.3 is 10.8 Å². The van der Waals surface area contributed by atoms with Crippen molar-refractivity contribution in [3.05, 3.63) is 18.5 Å². The van der Waals surface area contributed by atoms with Crippen LogP contribution in [0.1, 0.15) is 26.2 Å². The highest BCUT2D eigenvalue weighted by atomic mass is 32.2. The summed E-state index contributed by atoms with van der Waals surface area (Å²) in [6, 6.07) is 1.77. The average molecular weight is 255 g/mol. The molecular formula is C11H17N3O2S. The van der Waals surface area contributed by atoms with Gasteiger partial charge in [-0.3, -0.25) is 4.79 Å². The Labute approximate surface area is 105 Å². The highest BCUT2D eigenvalue weighted by Crippen LogP contribution is 2.16. The van der Waals surface area contributed by atoms with E-state index in [-0.39, 0.29) is 0 Å². The molecule has 5 nitrogen and oxygen atoms in total. The number of carboxylic acid groups (broad SMARTS) is 1. The third-order valence-corrected chi connectivity index (χ3v) is 3.31. The number of carbonyl (C=O) groups is 1. The van der Waals surface area contributed by atoms with Gasteiger partial charge >= 0.3 is 5.97 Å². The second-order valence-corrected chi connectivity index (χ2v) is 5.12. The molecule has 6 heteroatoms. The first-order valence-corrected chi connectivity index (χ1v) is 6.43. The number of hydrogen-bond donors (Lipinski definition) is 2. The molecule has 0 aliphatic heterocycles. The van der Waals surface area contributed by atoms with Crippen LogP contribution in [0.2, 0.25) is 0 Å². The zero-order valence-corrected chi connectivity index (χ0v) is 10.6. The molecule has 1 unspecified atom stereocenters. The van der Waals surface area contributed by atoms with Crippen LogP contribution in [0.15, 0.2) is 23.6 Å². The Morgan fingerprint density at radius 3 is 2.71 bits per heavy atom. The van der Waals surface area contributed by atoms with Crippen molar-refractivity contribution in [1.29, 1.82) is 0 Å². The molecule has 94 valence electrons. The van der Waals surface area contributed by atoms with Crippen LogP contribution >= 0.6 is 11.8 Å². The van der Waals surface area contributed by atoms with E-state index >= 15 is 0 Å². The van der Waals surface area contributed by atoms with Crippen molar-refractivity contribution >= 4 is 17.7 Å². The van der Waals surface area contributed by atoms with Gasteiger partial charge in [-0.05, 0) is 25.8 Å². The van der Waals surface area contributed by atoms with E-state index in [0.717, 1.165) is 23.8 Å². The van der Waals surface area contributed by atoms with Gasteiger partial charge in [0.25, 0.3) is 0 Å². The van der Waals surface area contributed by atoms with Crippen molar-refractivity contribution in [3.63, 3.8) is 0 Å². The number of aromatic nitrogens is 2. The van der Waals surface area contributed by atoms with Crippen molar-refractivity contribution < 1.29 is 9.90 Å². The fourth-order valence-corrected chi connectivity index (χ4v) is 2.03. The zero-order chi connectivity index (χ0) is 12.7. The summed E-state index contributed by atoms with van der Waals surface area (Å²) in [4.78, 5) is 18.9. The van der Waals surface area contributed by atoms with Gasteiger partial charge in [-0.1, -0.05) is 18.2 Å². The lowest BCUT2D eigenvalue weighted by Crippen LogP contribution is -2.44. The standard InChI is InChI=1S/C11H17N3O2S/c1-11(12,9(15)16)5-2-3-8-17-10-13-6-4-7-14-10/h4,6-7H,2-3,5,8,12H2,1H3,(H,15,16). The number of nitrogens with zero attached hydrogens (tertiary/aromatic N) is 2. The van der Waals surface area contributed by atoms with Crippen molar-refractivity contribution in [3.8, 4) is 0 Å². The van der Waals surface area contributed by atoms with E-state index in [1.165, 1.54) is 0 Å². The van der Waals surface area contributed by atoms with Gasteiger partial charge in [-0.15, -0.1) is 0 Å². The molecule has 0 saturated carbocycles. The van der Waals surface area contributed by atoms with Crippen LogP contribution < -0.4 is 5.73 Å². The Balaban J connectivity index is 2.15. The molecule has 0 aliphatic rings. The van der Waals surface area contributed by atoms with Crippen LogP contribution in [0.5, 0.6) is 0 Å². The normalized spacial score (nSPS) is 14.2. The van der Waals surface area contributed by atoms with Gasteiger partial charge in [0, 0.05) is 18.1 Å². The SMILES string of the molecule is CC(N)(CCCCSc1ncccn1)C(=O)O. The molecule has 0 fully saturated rings. The summed E-state index contributed by atoms with van der Waals surface area (Å²) in [5.41, 5.74) is 4.50. The summed E-state index contributed by atoms with van der Waals surface area (Å²) in [6.45, 7) is 1.54. The summed E-state index contributed by atoms with van der Waals surface area (Å²) >= 11 is 1.57. The molecule has 0 radical (unpaired) electrons. The Bertz CT molecular complexity index is 357. The number of rotatable bonds is 7. The van der Waals surface area contributed by atoms with E-state index < -0.39 is 11.5 Å². The molecule has 1 heterocycles. The molecule has 0 saturated heterocycles. The van der Waals surface area contributed by atoms with Gasteiger partial charge in [-0.2, -0.15) is 0 Å². The van der Waals surface area contributed by atoms with Crippen molar-refractivity contribution in [1.82, 2.24) is 9.97 Å². The third-order valence-electron chi connectivity index (χ3n) is 2.35. The minimum atomic E-state index is -1.12. The number of aliphatic carboxylic acids is 1. The van der Waals surface area contributed by atoms with Gasteiger partial charge in [0.1, 0.15) is 5.54 Å². The fraction of sp³-hybridized carbons (Fsp3) is 0.545. The molecule has 0 amide bonds. The van der Waals surface area contributed by atoms with Gasteiger partial charge in [-0.25, -0.2) is 9.97 Å². The number of carboxylic acids is 1. The minimum absolute atomic E-state index is 0.485. The lowest BCUT2D eigenvalue weighted by Gasteiger charge is -2.18. The molecule has 1 atom stereocenters. The number of hydrogen-bond acceptors (Lipinski definition) is 5. The predicted molar refractivity (Wildman–Crippen MR) is 66.8 cm³/mol. The van der Waals surface area contributed by atoms with Crippen LogP contribution in [0.25, 0.3) is 0 Å². The molecule has 0 aliphatic carbocycles. The van der Waals surface area contributed by atoms with E-state index in [0.29, 0.717) is 6.42 Å². The van der Waals surface area contributed by atoms with Crippen LogP contribution in [0.3, 0.4) is 0 Å². The first-order valence-electron chi connectivity index (χ1n) is 5.44. The molecule has 17 heavy (non-hydrogen) atoms. The molecule has 0 spiro atoms. The number of thioether (sulfide) groups is 1. The summed E-state index contributed by atoms with van der Waals surface area (Å²) in [5, 5.41) is 9.58. The van der Waals surface area contributed by atoms with E-state index in [2.05, 4.69) is 9.97 Å². The first-order chi connectivity index (χ1) is 8.02. The lowest BCUT2D eigenvalue weighted by molar-refractivity contribution is -0.142. The predicted octanol–water partition coefficient (Wildman–Crippen LogP) is 1.54. The zero-order valence-electron chi connectivity index (χ0n) is 9.80. The molecule has 1 aromatic rings. The third kappa shape index (κ3) is 5.14. The Morgan fingerprint density at radius 1 is 1.47 bits per heavy atom. The summed E-state index contributed by atoms with van der Waals surface area (Å²) in [7, 11) is 0. The monoisotopic (exact) mass is 255 g/mol. The fourth-order valence-electron chi connectivity index (χ4n) is 1.22. The van der Waals surface area contributed by atoms with Crippen LogP contribution in [-0.2, 0) is 4.79 Å². The largest absolute Gasteiger partial charge is 0.480 e. The smallest absolute Gasteiger partial charge is 0.323 e. The van der Waals surface area contributed by atoms with Gasteiger partial charge in [0.05, 0.1) is 0 Å².